The van der Waals surface area contributed by atoms with Gasteiger partial charge in [-0.15, -0.1) is 0 Å². The molecule has 0 saturated carbocycles. The standard InChI is InChI=1S/C10H12ClNOSi.C7H3ClINO/c1-14(2,3)9-6-8-10(13-9)7(11)4-5-12-8;8-4-1-2-10-5-3-6(9)11-7(4)5/h4-6H,1-3H3;1-3H. The molecule has 4 aromatic heterocycles. The predicted molar refractivity (Wildman–Crippen MR) is 114 cm³/mol. The Morgan fingerprint density at radius 1 is 0.880 bits per heavy atom. The molecule has 0 N–H and O–H groups in total. The molecular weight excluding hydrogens is 490 g/mol. The minimum Gasteiger partial charge on any atom is -0.463 e. The topological polar surface area (TPSA) is 52.1 Å². The lowest BCUT2D eigenvalue weighted by Crippen LogP contribution is -2.36. The lowest BCUT2D eigenvalue weighted by atomic mass is 10.4. The van der Waals surface area contributed by atoms with Crippen molar-refractivity contribution in [3.05, 3.63) is 50.5 Å². The van der Waals surface area contributed by atoms with Gasteiger partial charge in [-0.05, 0) is 34.7 Å². The van der Waals surface area contributed by atoms with Crippen molar-refractivity contribution in [2.24, 2.45) is 0 Å². The average Bonchev–Trinajstić information content (AvgIpc) is 3.12. The first kappa shape index (κ1) is 18.7. The number of fused-ring (bicyclic) bond motifs is 2. The van der Waals surface area contributed by atoms with Crippen molar-refractivity contribution >= 4 is 81.4 Å². The second-order valence-electron chi connectivity index (χ2n) is 6.43. The van der Waals surface area contributed by atoms with Crippen molar-refractivity contribution in [2.75, 3.05) is 0 Å². The van der Waals surface area contributed by atoms with E-state index in [1.165, 1.54) is 0 Å². The molecule has 0 unspecified atom stereocenters. The molecule has 4 heterocycles. The largest absolute Gasteiger partial charge is 0.463 e. The minimum absolute atomic E-state index is 0.609. The van der Waals surface area contributed by atoms with Crippen molar-refractivity contribution in [3.8, 4) is 0 Å². The summed E-state index contributed by atoms with van der Waals surface area (Å²) in [5, 5.41) is 2.30. The van der Waals surface area contributed by atoms with Crippen LogP contribution >= 0.6 is 45.8 Å². The molecule has 8 heteroatoms. The Morgan fingerprint density at radius 3 is 1.88 bits per heavy atom. The SMILES string of the molecule is C[Si](C)(C)c1cc2nccc(Cl)c2o1.Clc1ccnc2cc(I)oc12. The van der Waals surface area contributed by atoms with Gasteiger partial charge in [-0.2, -0.15) is 0 Å². The van der Waals surface area contributed by atoms with Gasteiger partial charge in [-0.25, -0.2) is 0 Å². The Bertz CT molecular complexity index is 1040. The number of furan rings is 2. The molecular formula is C17H15Cl2IN2O2Si. The van der Waals surface area contributed by atoms with E-state index in [0.29, 0.717) is 21.2 Å². The van der Waals surface area contributed by atoms with Gasteiger partial charge >= 0.3 is 0 Å². The molecule has 0 aliphatic heterocycles. The van der Waals surface area contributed by atoms with Crippen LogP contribution in [0, 0.1) is 3.77 Å². The number of hydrogen-bond acceptors (Lipinski definition) is 4. The highest BCUT2D eigenvalue weighted by atomic mass is 127. The van der Waals surface area contributed by atoms with Crippen LogP contribution < -0.4 is 5.38 Å². The Balaban J connectivity index is 0.000000150. The maximum absolute atomic E-state index is 6.00. The monoisotopic (exact) mass is 504 g/mol. The maximum Gasteiger partial charge on any atom is 0.172 e. The molecule has 0 amide bonds. The molecule has 0 spiro atoms. The van der Waals surface area contributed by atoms with Gasteiger partial charge in [0.25, 0.3) is 0 Å². The third-order valence-electron chi connectivity index (χ3n) is 3.44. The van der Waals surface area contributed by atoms with Crippen molar-refractivity contribution in [3.63, 3.8) is 0 Å². The molecule has 0 bridgehead atoms. The summed E-state index contributed by atoms with van der Waals surface area (Å²) >= 11 is 13.9. The van der Waals surface area contributed by atoms with E-state index >= 15 is 0 Å². The fourth-order valence-electron chi connectivity index (χ4n) is 2.15. The fourth-order valence-corrected chi connectivity index (χ4v) is 4.03. The van der Waals surface area contributed by atoms with Crippen LogP contribution in [0.1, 0.15) is 0 Å². The van der Waals surface area contributed by atoms with Gasteiger partial charge in [-0.3, -0.25) is 9.97 Å². The zero-order valence-corrected chi connectivity index (χ0v) is 18.5. The summed E-state index contributed by atoms with van der Waals surface area (Å²) in [4.78, 5) is 8.30. The summed E-state index contributed by atoms with van der Waals surface area (Å²) in [6.45, 7) is 6.70. The maximum atomic E-state index is 6.00. The van der Waals surface area contributed by atoms with E-state index in [1.54, 1.807) is 24.5 Å². The first-order valence-electron chi connectivity index (χ1n) is 7.50. The van der Waals surface area contributed by atoms with E-state index in [2.05, 4.69) is 52.2 Å². The lowest BCUT2D eigenvalue weighted by molar-refractivity contribution is 0.584. The first-order chi connectivity index (χ1) is 11.8. The number of aromatic nitrogens is 2. The lowest BCUT2D eigenvalue weighted by Gasteiger charge is -2.10. The van der Waals surface area contributed by atoms with Crippen LogP contribution in [-0.2, 0) is 0 Å². The summed E-state index contributed by atoms with van der Waals surface area (Å²) < 4.78 is 11.8. The van der Waals surface area contributed by atoms with E-state index in [9.17, 15) is 0 Å². The number of halogens is 3. The molecule has 0 saturated heterocycles. The Hall–Kier alpha value is -1.09. The van der Waals surface area contributed by atoms with Gasteiger partial charge in [0.05, 0.1) is 15.4 Å². The quantitative estimate of drug-likeness (QED) is 0.232. The highest BCUT2D eigenvalue weighted by molar-refractivity contribution is 14.1. The smallest absolute Gasteiger partial charge is 0.172 e. The summed E-state index contributed by atoms with van der Waals surface area (Å²) in [5.74, 6) is 0. The molecule has 4 nitrogen and oxygen atoms in total. The molecule has 0 fully saturated rings. The molecule has 4 rings (SSSR count). The predicted octanol–water partition coefficient (Wildman–Crippen LogP) is 6.11. The Labute approximate surface area is 169 Å². The number of pyridine rings is 2. The highest BCUT2D eigenvalue weighted by Crippen LogP contribution is 2.25. The molecule has 0 aliphatic rings. The van der Waals surface area contributed by atoms with Crippen LogP contribution in [-0.4, -0.2) is 18.0 Å². The van der Waals surface area contributed by atoms with E-state index in [0.717, 1.165) is 20.2 Å². The van der Waals surface area contributed by atoms with E-state index in [1.807, 2.05) is 12.1 Å². The van der Waals surface area contributed by atoms with Crippen molar-refractivity contribution in [1.82, 2.24) is 9.97 Å². The van der Waals surface area contributed by atoms with E-state index in [4.69, 9.17) is 32.0 Å². The Morgan fingerprint density at radius 2 is 1.40 bits per heavy atom. The molecule has 130 valence electrons. The second kappa shape index (κ2) is 7.26. The molecule has 25 heavy (non-hydrogen) atoms. The molecule has 0 radical (unpaired) electrons. The van der Waals surface area contributed by atoms with Gasteiger partial charge in [0.2, 0.25) is 0 Å². The molecule has 0 aromatic carbocycles. The average molecular weight is 505 g/mol. The molecule has 0 aliphatic carbocycles. The van der Waals surface area contributed by atoms with Gasteiger partial charge in [-0.1, -0.05) is 42.8 Å². The van der Waals surface area contributed by atoms with E-state index in [-0.39, 0.29) is 0 Å². The van der Waals surface area contributed by atoms with Crippen LogP contribution in [0.5, 0.6) is 0 Å². The first-order valence-corrected chi connectivity index (χ1v) is 12.8. The second-order valence-corrected chi connectivity index (χ2v) is 13.3. The van der Waals surface area contributed by atoms with Crippen molar-refractivity contribution < 1.29 is 8.83 Å². The zero-order chi connectivity index (χ0) is 18.2. The van der Waals surface area contributed by atoms with Crippen LogP contribution in [0.25, 0.3) is 22.2 Å². The summed E-state index contributed by atoms with van der Waals surface area (Å²) in [7, 11) is -1.40. The summed E-state index contributed by atoms with van der Waals surface area (Å²) in [5.41, 5.74) is 3.04. The van der Waals surface area contributed by atoms with Crippen LogP contribution in [0.2, 0.25) is 29.7 Å². The van der Waals surface area contributed by atoms with Crippen molar-refractivity contribution in [2.45, 2.75) is 19.6 Å². The number of hydrogen-bond donors (Lipinski definition) is 0. The van der Waals surface area contributed by atoms with Gasteiger partial charge < -0.3 is 8.83 Å². The van der Waals surface area contributed by atoms with Crippen molar-refractivity contribution in [1.29, 1.82) is 0 Å². The zero-order valence-electron chi connectivity index (χ0n) is 13.8. The molecule has 0 atom stereocenters. The number of rotatable bonds is 1. The Kier molecular flexibility index (Phi) is 5.43. The molecule has 4 aromatic rings. The highest BCUT2D eigenvalue weighted by Gasteiger charge is 2.22. The third-order valence-corrected chi connectivity index (χ3v) is 6.29. The minimum atomic E-state index is -1.40. The van der Waals surface area contributed by atoms with Gasteiger partial charge in [0, 0.05) is 24.5 Å². The fraction of sp³-hybridized carbons (Fsp3) is 0.176. The van der Waals surface area contributed by atoms with Crippen LogP contribution in [0.3, 0.4) is 0 Å². The third kappa shape index (κ3) is 4.19. The van der Waals surface area contributed by atoms with Crippen LogP contribution in [0.15, 0.2) is 45.5 Å². The summed E-state index contributed by atoms with van der Waals surface area (Å²) in [6, 6.07) is 7.32. The van der Waals surface area contributed by atoms with Gasteiger partial charge in [0.1, 0.15) is 19.1 Å². The van der Waals surface area contributed by atoms with Crippen LogP contribution in [0.4, 0.5) is 0 Å². The normalized spacial score (nSPS) is 11.6. The summed E-state index contributed by atoms with van der Waals surface area (Å²) in [6.07, 6.45) is 3.37. The van der Waals surface area contributed by atoms with Gasteiger partial charge in [0.15, 0.2) is 14.9 Å². The van der Waals surface area contributed by atoms with E-state index < -0.39 is 8.07 Å². The number of nitrogens with zero attached hydrogens (tertiary/aromatic N) is 2.